The third-order valence-electron chi connectivity index (χ3n) is 3.87. The zero-order chi connectivity index (χ0) is 19.4. The fourth-order valence-electron chi connectivity index (χ4n) is 2.57. The highest BCUT2D eigenvalue weighted by atomic mass is 35.5. The molecule has 0 aliphatic rings. The Morgan fingerprint density at radius 1 is 1.04 bits per heavy atom. The molecule has 0 spiro atoms. The average Bonchev–Trinajstić information content (AvgIpc) is 3.10. The number of aromatic nitrogens is 2. The second-order valence-corrected chi connectivity index (χ2v) is 7.96. The number of ether oxygens (including phenoxy) is 1. The van der Waals surface area contributed by atoms with Gasteiger partial charge in [-0.25, -0.2) is 4.98 Å². The van der Waals surface area contributed by atoms with E-state index in [1.54, 1.807) is 36.8 Å². The molecule has 0 aliphatic heterocycles. The number of benzene rings is 2. The summed E-state index contributed by atoms with van der Waals surface area (Å²) >= 11 is 30.0. The van der Waals surface area contributed by atoms with Gasteiger partial charge >= 0.3 is 0 Å². The number of hydrogen-bond donors (Lipinski definition) is 0. The van der Waals surface area contributed by atoms with Crippen LogP contribution in [0.5, 0.6) is 0 Å². The lowest BCUT2D eigenvalue weighted by molar-refractivity contribution is 0.172. The summed E-state index contributed by atoms with van der Waals surface area (Å²) in [6.07, 6.45) is 5.24. The number of nitrogens with zero attached hydrogens (tertiary/aromatic N) is 2. The maximum absolute atomic E-state index is 6.38. The van der Waals surface area contributed by atoms with Crippen LogP contribution in [0.15, 0.2) is 55.1 Å². The minimum absolute atomic E-state index is 0.386. The summed E-state index contributed by atoms with van der Waals surface area (Å²) < 4.78 is 7.98. The lowest BCUT2D eigenvalue weighted by Gasteiger charge is -2.22. The molecule has 3 aromatic rings. The Hall–Kier alpha value is -1.30. The molecule has 0 saturated heterocycles. The lowest BCUT2D eigenvalue weighted by Crippen LogP contribution is -2.17. The van der Waals surface area contributed by atoms with E-state index >= 15 is 0 Å². The SMILES string of the molecule is S=C(Cc1ccc(Cl)cc1Cl)OC(Cn1ccnc1)c1ccc(Cl)cc1Cl. The van der Waals surface area contributed by atoms with Crippen molar-refractivity contribution in [2.24, 2.45) is 0 Å². The van der Waals surface area contributed by atoms with Crippen molar-refractivity contribution in [1.82, 2.24) is 9.55 Å². The second-order valence-electron chi connectivity index (χ2n) is 5.82. The molecule has 0 amide bonds. The van der Waals surface area contributed by atoms with E-state index in [2.05, 4.69) is 4.98 Å². The van der Waals surface area contributed by atoms with Crippen LogP contribution in [0.25, 0.3) is 0 Å². The zero-order valence-corrected chi connectivity index (χ0v) is 17.8. The van der Waals surface area contributed by atoms with Gasteiger partial charge < -0.3 is 9.30 Å². The third-order valence-corrected chi connectivity index (χ3v) is 5.26. The standard InChI is InChI=1S/C19H14Cl4N2OS/c20-13-2-1-12(16(22)8-13)7-19(27)26-18(10-25-6-5-24-11-25)15-4-3-14(21)9-17(15)23/h1-6,8-9,11,18H,7,10H2. The predicted molar refractivity (Wildman–Crippen MR) is 115 cm³/mol. The Labute approximate surface area is 182 Å². The Morgan fingerprint density at radius 3 is 2.37 bits per heavy atom. The first kappa shape index (κ1) is 20.4. The second kappa shape index (κ2) is 9.26. The Bertz CT molecular complexity index is 947. The Balaban J connectivity index is 1.81. The Morgan fingerprint density at radius 2 is 1.74 bits per heavy atom. The molecule has 3 nitrogen and oxygen atoms in total. The van der Waals surface area contributed by atoms with Gasteiger partial charge in [-0.05, 0) is 42.0 Å². The monoisotopic (exact) mass is 458 g/mol. The molecular weight excluding hydrogens is 446 g/mol. The number of hydrogen-bond acceptors (Lipinski definition) is 3. The molecule has 140 valence electrons. The highest BCUT2D eigenvalue weighted by Crippen LogP contribution is 2.31. The van der Waals surface area contributed by atoms with Gasteiger partial charge in [0.2, 0.25) is 0 Å². The van der Waals surface area contributed by atoms with Crippen molar-refractivity contribution in [2.75, 3.05) is 0 Å². The van der Waals surface area contributed by atoms with E-state index in [4.69, 9.17) is 63.4 Å². The van der Waals surface area contributed by atoms with Gasteiger partial charge in [0.05, 0.1) is 12.9 Å². The summed E-state index contributed by atoms with van der Waals surface area (Å²) in [5.74, 6) is 0. The molecule has 1 aromatic heterocycles. The van der Waals surface area contributed by atoms with Crippen molar-refractivity contribution in [2.45, 2.75) is 19.1 Å². The maximum atomic E-state index is 6.38. The highest BCUT2D eigenvalue weighted by Gasteiger charge is 2.20. The van der Waals surface area contributed by atoms with Gasteiger partial charge in [-0.2, -0.15) is 0 Å². The van der Waals surface area contributed by atoms with Crippen molar-refractivity contribution in [3.63, 3.8) is 0 Å². The molecule has 0 saturated carbocycles. The highest BCUT2D eigenvalue weighted by molar-refractivity contribution is 7.80. The van der Waals surface area contributed by atoms with Gasteiger partial charge in [-0.15, -0.1) is 0 Å². The fourth-order valence-corrected chi connectivity index (χ4v) is 3.85. The van der Waals surface area contributed by atoms with Crippen LogP contribution in [0.4, 0.5) is 0 Å². The summed E-state index contributed by atoms with van der Waals surface area (Å²) in [5, 5.41) is 2.58. The third kappa shape index (κ3) is 5.59. The maximum Gasteiger partial charge on any atom is 0.165 e. The van der Waals surface area contributed by atoms with E-state index in [0.29, 0.717) is 38.1 Å². The van der Waals surface area contributed by atoms with Crippen LogP contribution < -0.4 is 0 Å². The van der Waals surface area contributed by atoms with Crippen molar-refractivity contribution in [3.05, 3.63) is 86.3 Å². The van der Waals surface area contributed by atoms with E-state index in [1.165, 1.54) is 0 Å². The molecule has 1 unspecified atom stereocenters. The summed E-state index contributed by atoms with van der Waals surface area (Å²) in [6.45, 7) is 0.496. The first-order valence-electron chi connectivity index (χ1n) is 7.96. The van der Waals surface area contributed by atoms with Gasteiger partial charge in [0.15, 0.2) is 5.05 Å². The smallest absolute Gasteiger partial charge is 0.165 e. The van der Waals surface area contributed by atoms with E-state index in [9.17, 15) is 0 Å². The minimum Gasteiger partial charge on any atom is -0.477 e. The van der Waals surface area contributed by atoms with Crippen LogP contribution in [-0.2, 0) is 17.7 Å². The van der Waals surface area contributed by atoms with Crippen LogP contribution >= 0.6 is 58.6 Å². The quantitative estimate of drug-likeness (QED) is 0.378. The summed E-state index contributed by atoms with van der Waals surface area (Å²) in [5.41, 5.74) is 1.63. The number of imidazole rings is 1. The van der Waals surface area contributed by atoms with Crippen LogP contribution in [0, 0.1) is 0 Å². The average molecular weight is 460 g/mol. The van der Waals surface area contributed by atoms with Gasteiger partial charge in [0.25, 0.3) is 0 Å². The molecule has 3 rings (SSSR count). The summed E-state index contributed by atoms with van der Waals surface area (Å²) in [6, 6.07) is 10.6. The normalized spacial score (nSPS) is 12.0. The van der Waals surface area contributed by atoms with Crippen LogP contribution in [0.3, 0.4) is 0 Å². The molecule has 0 N–H and O–H groups in total. The van der Waals surface area contributed by atoms with E-state index in [1.807, 2.05) is 22.9 Å². The zero-order valence-electron chi connectivity index (χ0n) is 13.9. The molecule has 0 fully saturated rings. The lowest BCUT2D eigenvalue weighted by atomic mass is 10.1. The van der Waals surface area contributed by atoms with E-state index < -0.39 is 6.10 Å². The molecule has 27 heavy (non-hydrogen) atoms. The number of rotatable bonds is 6. The number of halogens is 4. The molecule has 8 heteroatoms. The van der Waals surface area contributed by atoms with Crippen LogP contribution in [-0.4, -0.2) is 14.6 Å². The van der Waals surface area contributed by atoms with Crippen molar-refractivity contribution in [1.29, 1.82) is 0 Å². The van der Waals surface area contributed by atoms with Crippen LogP contribution in [0.2, 0.25) is 20.1 Å². The van der Waals surface area contributed by atoms with E-state index in [-0.39, 0.29) is 0 Å². The topological polar surface area (TPSA) is 27.1 Å². The molecule has 1 heterocycles. The first-order chi connectivity index (χ1) is 12.9. The van der Waals surface area contributed by atoms with Crippen molar-refractivity contribution < 1.29 is 4.74 Å². The van der Waals surface area contributed by atoms with Gasteiger partial charge in [-0.1, -0.05) is 58.5 Å². The van der Waals surface area contributed by atoms with Crippen LogP contribution in [0.1, 0.15) is 17.2 Å². The number of thiocarbonyl (C=S) groups is 1. The summed E-state index contributed by atoms with van der Waals surface area (Å²) in [4.78, 5) is 4.06. The first-order valence-corrected chi connectivity index (χ1v) is 9.88. The molecule has 0 radical (unpaired) electrons. The Kier molecular flexibility index (Phi) is 7.01. The molecule has 1 atom stereocenters. The van der Waals surface area contributed by atoms with Gasteiger partial charge in [0, 0.05) is 44.5 Å². The molecule has 0 aliphatic carbocycles. The molecular formula is C19H14Cl4N2OS. The van der Waals surface area contributed by atoms with E-state index in [0.717, 1.165) is 11.1 Å². The van der Waals surface area contributed by atoms with Gasteiger partial charge in [0.1, 0.15) is 6.10 Å². The van der Waals surface area contributed by atoms with Gasteiger partial charge in [-0.3, -0.25) is 0 Å². The minimum atomic E-state index is -0.400. The largest absolute Gasteiger partial charge is 0.477 e. The molecule has 2 aromatic carbocycles. The van der Waals surface area contributed by atoms with Crippen molar-refractivity contribution in [3.8, 4) is 0 Å². The summed E-state index contributed by atoms with van der Waals surface area (Å²) in [7, 11) is 0. The predicted octanol–water partition coefficient (Wildman–Crippen LogP) is 6.82. The molecule has 0 bridgehead atoms. The fraction of sp³-hybridized carbons (Fsp3) is 0.158. The van der Waals surface area contributed by atoms with Crippen molar-refractivity contribution >= 4 is 63.7 Å².